The zero-order chi connectivity index (χ0) is 26.8. The molecule has 0 amide bonds. The largest absolute Gasteiger partial charge is 0.346 e. The van der Waals surface area contributed by atoms with E-state index in [0.717, 1.165) is 41.4 Å². The van der Waals surface area contributed by atoms with Crippen LogP contribution in [0.3, 0.4) is 0 Å². The van der Waals surface area contributed by atoms with Crippen LogP contribution in [0.1, 0.15) is 24.0 Å². The molecule has 1 saturated heterocycles. The van der Waals surface area contributed by atoms with Crippen LogP contribution in [0.5, 0.6) is 0 Å². The molecule has 0 bridgehead atoms. The van der Waals surface area contributed by atoms with Gasteiger partial charge in [-0.15, -0.1) is 0 Å². The zero-order valence-electron chi connectivity index (χ0n) is 21.4. The van der Waals surface area contributed by atoms with Gasteiger partial charge in [-0.1, -0.05) is 42.5 Å². The number of benzene rings is 3. The first-order valence-electron chi connectivity index (χ1n) is 12.8. The molecule has 0 unspecified atom stereocenters. The van der Waals surface area contributed by atoms with Crippen LogP contribution < -0.4 is 0 Å². The fourth-order valence-corrected chi connectivity index (χ4v) is 7.43. The summed E-state index contributed by atoms with van der Waals surface area (Å²) in [5.74, 6) is 0.000534. The molecule has 0 radical (unpaired) electrons. The Morgan fingerprint density at radius 1 is 0.895 bits per heavy atom. The predicted octanol–water partition coefficient (Wildman–Crippen LogP) is 5.20. The minimum Gasteiger partial charge on any atom is -0.346 e. The van der Waals surface area contributed by atoms with E-state index in [1.165, 1.54) is 11.8 Å². The number of sulfone groups is 2. The van der Waals surface area contributed by atoms with E-state index in [-0.39, 0.29) is 10.6 Å². The monoisotopic (exact) mass is 548 g/mol. The van der Waals surface area contributed by atoms with E-state index in [2.05, 4.69) is 18.1 Å². The third-order valence-electron chi connectivity index (χ3n) is 7.33. The lowest BCUT2D eigenvalue weighted by atomic mass is 10.0. The van der Waals surface area contributed by atoms with E-state index >= 15 is 0 Å². The lowest BCUT2D eigenvalue weighted by Gasteiger charge is -2.18. The lowest BCUT2D eigenvalue weighted by Crippen LogP contribution is -2.26. The number of nitrogens with zero attached hydrogens (tertiary/aromatic N) is 2. The van der Waals surface area contributed by atoms with Gasteiger partial charge >= 0.3 is 0 Å². The first-order valence-corrected chi connectivity index (χ1v) is 16.0. The van der Waals surface area contributed by atoms with Crippen LogP contribution in [-0.4, -0.2) is 51.7 Å². The van der Waals surface area contributed by atoms with Gasteiger partial charge in [-0.25, -0.2) is 16.8 Å². The molecule has 0 saturated carbocycles. The summed E-state index contributed by atoms with van der Waals surface area (Å²) in [6.45, 7) is 1.41. The Labute approximate surface area is 225 Å². The Balaban J connectivity index is 1.47. The summed E-state index contributed by atoms with van der Waals surface area (Å²) in [5.41, 5.74) is 2.89. The van der Waals surface area contributed by atoms with Gasteiger partial charge in [0.05, 0.1) is 15.5 Å². The highest BCUT2D eigenvalue weighted by Gasteiger charge is 2.23. The molecule has 1 aliphatic rings. The van der Waals surface area contributed by atoms with Gasteiger partial charge in [-0.3, -0.25) is 0 Å². The molecule has 38 heavy (non-hydrogen) atoms. The maximum atomic E-state index is 12.9. The standard InChI is InChI=1S/C30H32N2O4S2/c1-31-17-8-9-26(31)22-25-23-32(18-20-38(35,36)28-12-6-3-7-13-28)30-15-14-24(21-29(25)30)16-19-37(33,34)27-10-4-2-5-11-27/h2-7,10-16,19,21,23,26H,8-9,17-18,20,22H2,1H3/b19-16+/t26-/m1/s1. The fourth-order valence-electron chi connectivity index (χ4n) is 5.15. The molecular formula is C30H32N2O4S2. The molecule has 198 valence electrons. The van der Waals surface area contributed by atoms with Gasteiger partial charge in [0.1, 0.15) is 0 Å². The number of hydrogen-bond donors (Lipinski definition) is 0. The van der Waals surface area contributed by atoms with Crippen molar-refractivity contribution in [2.24, 2.45) is 0 Å². The molecular weight excluding hydrogens is 516 g/mol. The van der Waals surface area contributed by atoms with Crippen molar-refractivity contribution in [3.8, 4) is 0 Å². The molecule has 1 atom stereocenters. The number of fused-ring (bicyclic) bond motifs is 1. The fraction of sp³-hybridized carbons (Fsp3) is 0.267. The smallest absolute Gasteiger partial charge is 0.199 e. The minimum absolute atomic E-state index is 0.000534. The van der Waals surface area contributed by atoms with Gasteiger partial charge in [-0.05, 0) is 86.5 Å². The number of aromatic nitrogens is 1. The Morgan fingerprint density at radius 3 is 2.24 bits per heavy atom. The minimum atomic E-state index is -3.55. The number of rotatable bonds is 9. The van der Waals surface area contributed by atoms with E-state index in [0.29, 0.717) is 17.5 Å². The van der Waals surface area contributed by atoms with E-state index in [1.54, 1.807) is 60.7 Å². The first kappa shape index (κ1) is 26.4. The van der Waals surface area contributed by atoms with Crippen molar-refractivity contribution >= 4 is 36.7 Å². The number of hydrogen-bond acceptors (Lipinski definition) is 5. The Bertz CT molecular complexity index is 1660. The zero-order valence-corrected chi connectivity index (χ0v) is 23.0. The normalized spacial score (nSPS) is 17.0. The van der Waals surface area contributed by atoms with E-state index in [1.807, 2.05) is 28.8 Å². The van der Waals surface area contributed by atoms with E-state index in [4.69, 9.17) is 0 Å². The second kappa shape index (κ2) is 10.9. The summed E-state index contributed by atoms with van der Waals surface area (Å²) in [5, 5.41) is 2.28. The maximum Gasteiger partial charge on any atom is 0.199 e. The van der Waals surface area contributed by atoms with Crippen LogP contribution in [0, 0.1) is 0 Å². The molecule has 5 rings (SSSR count). The molecule has 4 aromatic rings. The summed E-state index contributed by atoms with van der Waals surface area (Å²) < 4.78 is 53.4. The molecule has 8 heteroatoms. The highest BCUT2D eigenvalue weighted by molar-refractivity contribution is 7.94. The lowest BCUT2D eigenvalue weighted by molar-refractivity contribution is 0.309. The predicted molar refractivity (Wildman–Crippen MR) is 152 cm³/mol. The van der Waals surface area contributed by atoms with Gasteiger partial charge < -0.3 is 9.47 Å². The SMILES string of the molecule is CN1CCC[C@@H]1Cc1cn(CCS(=O)(=O)c2ccccc2)c2ccc(/C=C/S(=O)(=O)c3ccccc3)cc12. The van der Waals surface area contributed by atoms with Crippen molar-refractivity contribution < 1.29 is 16.8 Å². The molecule has 6 nitrogen and oxygen atoms in total. The van der Waals surface area contributed by atoms with Crippen LogP contribution in [0.15, 0.2) is 100 Å². The molecule has 0 aliphatic carbocycles. The molecule has 1 aromatic heterocycles. The highest BCUT2D eigenvalue weighted by atomic mass is 32.2. The second-order valence-corrected chi connectivity index (χ2v) is 13.8. The van der Waals surface area contributed by atoms with Crippen LogP contribution in [0.25, 0.3) is 17.0 Å². The average Bonchev–Trinajstić information content (AvgIpc) is 3.50. The molecule has 0 spiro atoms. The van der Waals surface area contributed by atoms with Crippen molar-refractivity contribution in [2.75, 3.05) is 19.3 Å². The van der Waals surface area contributed by atoms with Gasteiger partial charge in [0.25, 0.3) is 0 Å². The number of likely N-dealkylation sites (N-methyl/N-ethyl adjacent to an activating group) is 1. The van der Waals surface area contributed by atoms with Crippen LogP contribution >= 0.6 is 0 Å². The van der Waals surface area contributed by atoms with Crippen molar-refractivity contribution in [3.63, 3.8) is 0 Å². The number of likely N-dealkylation sites (tertiary alicyclic amines) is 1. The molecule has 1 fully saturated rings. The molecule has 0 N–H and O–H groups in total. The third-order valence-corrected chi connectivity index (χ3v) is 10.5. The molecule has 2 heterocycles. The number of aryl methyl sites for hydroxylation is 1. The van der Waals surface area contributed by atoms with Crippen LogP contribution in [0.4, 0.5) is 0 Å². The van der Waals surface area contributed by atoms with Crippen molar-refractivity contribution in [1.82, 2.24) is 9.47 Å². The Kier molecular flexibility index (Phi) is 7.56. The molecule has 3 aromatic carbocycles. The van der Waals surface area contributed by atoms with Crippen molar-refractivity contribution in [2.45, 2.75) is 41.6 Å². The highest BCUT2D eigenvalue weighted by Crippen LogP contribution is 2.29. The Hall–Kier alpha value is -3.20. The van der Waals surface area contributed by atoms with Crippen molar-refractivity contribution in [1.29, 1.82) is 0 Å². The van der Waals surface area contributed by atoms with Gasteiger partial charge in [0.2, 0.25) is 0 Å². The quantitative estimate of drug-likeness (QED) is 0.288. The van der Waals surface area contributed by atoms with Gasteiger partial charge in [-0.2, -0.15) is 0 Å². The summed E-state index contributed by atoms with van der Waals surface area (Å²) >= 11 is 0. The van der Waals surface area contributed by atoms with E-state index < -0.39 is 19.7 Å². The maximum absolute atomic E-state index is 12.9. The summed E-state index contributed by atoms with van der Waals surface area (Å²) in [4.78, 5) is 2.96. The summed E-state index contributed by atoms with van der Waals surface area (Å²) in [6, 6.07) is 23.2. The summed E-state index contributed by atoms with van der Waals surface area (Å²) in [7, 11) is -4.82. The second-order valence-electron chi connectivity index (χ2n) is 9.90. The average molecular weight is 549 g/mol. The van der Waals surface area contributed by atoms with Gasteiger partial charge in [0.15, 0.2) is 19.7 Å². The van der Waals surface area contributed by atoms with Crippen LogP contribution in [-0.2, 0) is 32.6 Å². The third kappa shape index (κ3) is 5.77. The molecule has 1 aliphatic heterocycles. The van der Waals surface area contributed by atoms with E-state index in [9.17, 15) is 16.8 Å². The van der Waals surface area contributed by atoms with Crippen LogP contribution in [0.2, 0.25) is 0 Å². The summed E-state index contributed by atoms with van der Waals surface area (Å²) in [6.07, 6.45) is 6.86. The van der Waals surface area contributed by atoms with Gasteiger partial charge in [0, 0.05) is 35.1 Å². The Morgan fingerprint density at radius 2 is 1.58 bits per heavy atom. The topological polar surface area (TPSA) is 76.5 Å². The first-order chi connectivity index (χ1) is 18.2. The van der Waals surface area contributed by atoms with Crippen molar-refractivity contribution in [3.05, 3.63) is 102 Å².